The molecule has 4 amide bonds. The van der Waals surface area contributed by atoms with E-state index in [0.29, 0.717) is 12.8 Å². The SMILES string of the molecule is CC(C)C(NC(=O)C(CCCN=C(N)N)NC(=O)C(N)CCCN=C(N)N)C(=O)NC(CCC(N)=O)C(=O)O. The molecule has 0 aliphatic heterocycles. The van der Waals surface area contributed by atoms with Crippen molar-refractivity contribution in [1.29, 1.82) is 0 Å². The third-order valence-corrected chi connectivity index (χ3v) is 5.42. The van der Waals surface area contributed by atoms with Crippen molar-refractivity contribution in [1.82, 2.24) is 16.0 Å². The van der Waals surface area contributed by atoms with Crippen LogP contribution in [0.1, 0.15) is 52.4 Å². The summed E-state index contributed by atoms with van der Waals surface area (Å²) in [6.45, 7) is 3.74. The Balaban J connectivity index is 5.51. The monoisotopic (exact) mass is 557 g/mol. The molecule has 39 heavy (non-hydrogen) atoms. The predicted octanol–water partition coefficient (Wildman–Crippen LogP) is -4.12. The van der Waals surface area contributed by atoms with Gasteiger partial charge in [0.25, 0.3) is 0 Å². The van der Waals surface area contributed by atoms with Crippen LogP contribution < -0.4 is 50.4 Å². The Morgan fingerprint density at radius 1 is 0.718 bits per heavy atom. The van der Waals surface area contributed by atoms with Crippen LogP contribution in [0.5, 0.6) is 0 Å². The van der Waals surface area contributed by atoms with Gasteiger partial charge in [-0.15, -0.1) is 0 Å². The summed E-state index contributed by atoms with van der Waals surface area (Å²) in [6, 6.07) is -4.61. The molecule has 0 radical (unpaired) electrons. The number of aliphatic carboxylic acids is 1. The summed E-state index contributed by atoms with van der Waals surface area (Å²) in [6.07, 6.45) is 0.597. The van der Waals surface area contributed by atoms with Crippen molar-refractivity contribution in [3.05, 3.63) is 0 Å². The van der Waals surface area contributed by atoms with Gasteiger partial charge in [-0.05, 0) is 38.0 Å². The quantitative estimate of drug-likeness (QED) is 0.0413. The van der Waals surface area contributed by atoms with E-state index in [-0.39, 0.29) is 50.7 Å². The molecule has 0 fully saturated rings. The van der Waals surface area contributed by atoms with Crippen LogP contribution in [0.15, 0.2) is 9.98 Å². The molecule has 0 aromatic heterocycles. The van der Waals surface area contributed by atoms with Gasteiger partial charge in [0.2, 0.25) is 23.6 Å². The number of primary amides is 1. The third-order valence-electron chi connectivity index (χ3n) is 5.42. The summed E-state index contributed by atoms with van der Waals surface area (Å²) in [5.41, 5.74) is 32.2. The van der Waals surface area contributed by atoms with E-state index in [0.717, 1.165) is 0 Å². The average molecular weight is 558 g/mol. The molecule has 16 N–H and O–H groups in total. The number of rotatable bonds is 19. The van der Waals surface area contributed by atoms with Crippen molar-refractivity contribution in [2.24, 2.45) is 50.3 Å². The zero-order valence-corrected chi connectivity index (χ0v) is 22.4. The first-order valence-corrected chi connectivity index (χ1v) is 12.4. The molecule has 0 aliphatic carbocycles. The largest absolute Gasteiger partial charge is 0.480 e. The van der Waals surface area contributed by atoms with E-state index in [2.05, 4.69) is 25.9 Å². The van der Waals surface area contributed by atoms with Crippen LogP contribution in [0.3, 0.4) is 0 Å². The highest BCUT2D eigenvalue weighted by molar-refractivity contribution is 5.94. The molecule has 0 saturated heterocycles. The lowest BCUT2D eigenvalue weighted by Crippen LogP contribution is -2.58. The van der Waals surface area contributed by atoms with E-state index >= 15 is 0 Å². The van der Waals surface area contributed by atoms with Gasteiger partial charge in [0, 0.05) is 19.5 Å². The van der Waals surface area contributed by atoms with Crippen molar-refractivity contribution in [2.75, 3.05) is 13.1 Å². The Morgan fingerprint density at radius 2 is 1.23 bits per heavy atom. The molecule has 0 heterocycles. The minimum atomic E-state index is -1.39. The van der Waals surface area contributed by atoms with Crippen LogP contribution in [0, 0.1) is 5.92 Å². The van der Waals surface area contributed by atoms with E-state index < -0.39 is 59.7 Å². The number of aliphatic imine (C=N–C) groups is 2. The zero-order valence-electron chi connectivity index (χ0n) is 22.4. The summed E-state index contributed by atoms with van der Waals surface area (Å²) in [4.78, 5) is 68.9. The number of nitrogens with zero attached hydrogens (tertiary/aromatic N) is 2. The van der Waals surface area contributed by atoms with Crippen molar-refractivity contribution >= 4 is 41.5 Å². The van der Waals surface area contributed by atoms with E-state index in [1.807, 2.05) is 0 Å². The number of carbonyl (C=O) groups is 5. The molecular formula is C22H43N11O6. The molecule has 0 bridgehead atoms. The molecule has 0 aromatic carbocycles. The van der Waals surface area contributed by atoms with Gasteiger partial charge in [0.1, 0.15) is 18.1 Å². The normalized spacial score (nSPS) is 13.7. The number of carboxylic acid groups (broad SMARTS) is 1. The summed E-state index contributed by atoms with van der Waals surface area (Å²) in [7, 11) is 0. The molecule has 17 nitrogen and oxygen atoms in total. The second-order valence-corrected chi connectivity index (χ2v) is 9.20. The van der Waals surface area contributed by atoms with E-state index in [9.17, 15) is 29.1 Å². The lowest BCUT2D eigenvalue weighted by atomic mass is 10.0. The number of hydrogen-bond acceptors (Lipinski definition) is 8. The first kappa shape index (κ1) is 34.9. The number of nitrogens with one attached hydrogen (secondary N) is 3. The Morgan fingerprint density at radius 3 is 1.69 bits per heavy atom. The molecule has 4 atom stereocenters. The summed E-state index contributed by atoms with van der Waals surface area (Å²) in [5.74, 6) is -4.86. The maximum atomic E-state index is 13.2. The first-order valence-electron chi connectivity index (χ1n) is 12.4. The lowest BCUT2D eigenvalue weighted by Gasteiger charge is -2.27. The van der Waals surface area contributed by atoms with Crippen molar-refractivity contribution in [2.45, 2.75) is 76.5 Å². The Bertz CT molecular complexity index is 901. The highest BCUT2D eigenvalue weighted by atomic mass is 16.4. The van der Waals surface area contributed by atoms with E-state index in [4.69, 9.17) is 34.4 Å². The van der Waals surface area contributed by atoms with Gasteiger partial charge in [-0.1, -0.05) is 13.8 Å². The maximum Gasteiger partial charge on any atom is 0.326 e. The molecule has 17 heteroatoms. The van der Waals surface area contributed by atoms with Crippen LogP contribution in [-0.4, -0.2) is 83.9 Å². The average Bonchev–Trinajstić information content (AvgIpc) is 2.83. The maximum absolute atomic E-state index is 13.2. The van der Waals surface area contributed by atoms with Gasteiger partial charge in [0.05, 0.1) is 6.04 Å². The second-order valence-electron chi connectivity index (χ2n) is 9.20. The molecule has 0 rings (SSSR count). The van der Waals surface area contributed by atoms with Gasteiger partial charge in [-0.3, -0.25) is 29.2 Å². The van der Waals surface area contributed by atoms with Gasteiger partial charge in [-0.2, -0.15) is 0 Å². The number of nitrogens with two attached hydrogens (primary N) is 6. The number of guanidine groups is 2. The number of amides is 4. The fourth-order valence-electron chi connectivity index (χ4n) is 3.30. The van der Waals surface area contributed by atoms with Crippen LogP contribution in [0.2, 0.25) is 0 Å². The molecule has 0 aliphatic rings. The Kier molecular flexibility index (Phi) is 16.2. The van der Waals surface area contributed by atoms with Crippen molar-refractivity contribution in [3.8, 4) is 0 Å². The number of carbonyl (C=O) groups excluding carboxylic acids is 4. The molecule has 0 aromatic rings. The standard InChI is InChI=1S/C22H43N11O6/c1-11(2)16(19(37)32-14(20(38)39)7-8-15(24)34)33-18(36)13(6-4-10-30-22(27)28)31-17(35)12(23)5-3-9-29-21(25)26/h11-14,16H,3-10,23H2,1-2H3,(H2,24,34)(H,31,35)(H,32,37)(H,33,36)(H,38,39)(H4,25,26,29)(H4,27,28,30). The Hall–Kier alpha value is -4.15. The molecule has 222 valence electrons. The van der Waals surface area contributed by atoms with Crippen LogP contribution in [-0.2, 0) is 24.0 Å². The first-order chi connectivity index (χ1) is 18.1. The number of carboxylic acids is 1. The Labute approximate surface area is 226 Å². The predicted molar refractivity (Wildman–Crippen MR) is 144 cm³/mol. The van der Waals surface area contributed by atoms with Crippen LogP contribution >= 0.6 is 0 Å². The molecule has 0 saturated carbocycles. The third kappa shape index (κ3) is 15.6. The minimum Gasteiger partial charge on any atom is -0.480 e. The second kappa shape index (κ2) is 18.2. The fraction of sp³-hybridized carbons (Fsp3) is 0.682. The molecular weight excluding hydrogens is 514 g/mol. The van der Waals surface area contributed by atoms with Gasteiger partial charge >= 0.3 is 5.97 Å². The van der Waals surface area contributed by atoms with Gasteiger partial charge in [-0.25, -0.2) is 4.79 Å². The number of hydrogen-bond donors (Lipinski definition) is 10. The highest BCUT2D eigenvalue weighted by Gasteiger charge is 2.31. The summed E-state index contributed by atoms with van der Waals surface area (Å²) < 4.78 is 0. The molecule has 4 unspecified atom stereocenters. The van der Waals surface area contributed by atoms with E-state index in [1.54, 1.807) is 13.8 Å². The van der Waals surface area contributed by atoms with Crippen LogP contribution in [0.4, 0.5) is 0 Å². The zero-order chi connectivity index (χ0) is 30.1. The summed E-state index contributed by atoms with van der Waals surface area (Å²) in [5, 5.41) is 16.8. The minimum absolute atomic E-state index is 0.0863. The van der Waals surface area contributed by atoms with Gasteiger partial charge in [0.15, 0.2) is 11.9 Å². The summed E-state index contributed by atoms with van der Waals surface area (Å²) >= 11 is 0. The van der Waals surface area contributed by atoms with Crippen LogP contribution in [0.25, 0.3) is 0 Å². The highest BCUT2D eigenvalue weighted by Crippen LogP contribution is 2.08. The molecule has 0 spiro atoms. The lowest BCUT2D eigenvalue weighted by molar-refractivity contribution is -0.143. The smallest absolute Gasteiger partial charge is 0.326 e. The topological polar surface area (TPSA) is 323 Å². The van der Waals surface area contributed by atoms with E-state index in [1.165, 1.54) is 0 Å². The fourth-order valence-corrected chi connectivity index (χ4v) is 3.30. The van der Waals surface area contributed by atoms with Crippen molar-refractivity contribution in [3.63, 3.8) is 0 Å². The van der Waals surface area contributed by atoms with Crippen molar-refractivity contribution < 1.29 is 29.1 Å². The van der Waals surface area contributed by atoms with Gasteiger partial charge < -0.3 is 55.5 Å².